The van der Waals surface area contributed by atoms with Crippen LogP contribution in [0.4, 0.5) is 0 Å². The summed E-state index contributed by atoms with van der Waals surface area (Å²) in [5.41, 5.74) is 2.75. The van der Waals surface area contributed by atoms with E-state index in [1.807, 2.05) is 18.3 Å². The van der Waals surface area contributed by atoms with Crippen LogP contribution in [-0.2, 0) is 17.6 Å². The number of pyridine rings is 1. The highest BCUT2D eigenvalue weighted by molar-refractivity contribution is 5.83. The fourth-order valence-corrected chi connectivity index (χ4v) is 3.81. The summed E-state index contributed by atoms with van der Waals surface area (Å²) in [6, 6.07) is 7.61. The van der Waals surface area contributed by atoms with E-state index >= 15 is 0 Å². The lowest BCUT2D eigenvalue weighted by molar-refractivity contribution is -0.140. The molecule has 0 spiro atoms. The number of hydrogen-bond acceptors (Lipinski definition) is 6. The first-order chi connectivity index (χ1) is 14.5. The standard InChI is InChI=1S/C23H31N3O4/c1-25(12-7-17-6-4-9-24-16-17)10-5-11-26-13-8-18-14-20(29-2)21(30-3)15-19(18)22(27)23(26)28/h4,6,9,14-16,22,27H,5,7-8,10-13H2,1-3H3. The Hall–Kier alpha value is -2.64. The third-order valence-corrected chi connectivity index (χ3v) is 5.61. The first-order valence-electron chi connectivity index (χ1n) is 10.3. The van der Waals surface area contributed by atoms with Gasteiger partial charge >= 0.3 is 0 Å². The van der Waals surface area contributed by atoms with Crippen LogP contribution in [0.25, 0.3) is 0 Å². The SMILES string of the molecule is COc1cc2c(cc1OC)C(O)C(=O)N(CCCN(C)CCc1cccnc1)CC2. The predicted octanol–water partition coefficient (Wildman–Crippen LogP) is 2.08. The van der Waals surface area contributed by atoms with E-state index in [4.69, 9.17) is 9.47 Å². The molecule has 1 aromatic heterocycles. The van der Waals surface area contributed by atoms with Gasteiger partial charge in [0, 0.05) is 32.0 Å². The summed E-state index contributed by atoms with van der Waals surface area (Å²) in [6.45, 7) is 3.02. The normalized spacial score (nSPS) is 16.4. The maximum atomic E-state index is 12.8. The summed E-state index contributed by atoms with van der Waals surface area (Å²) in [4.78, 5) is 21.0. The number of aromatic nitrogens is 1. The molecule has 30 heavy (non-hydrogen) atoms. The molecule has 0 saturated heterocycles. The molecule has 1 atom stereocenters. The Morgan fingerprint density at radius 3 is 2.70 bits per heavy atom. The molecular weight excluding hydrogens is 382 g/mol. The lowest BCUT2D eigenvalue weighted by atomic mass is 10.00. The second-order valence-corrected chi connectivity index (χ2v) is 7.65. The number of carbonyl (C=O) groups is 1. The van der Waals surface area contributed by atoms with Crippen molar-refractivity contribution in [2.24, 2.45) is 0 Å². The Morgan fingerprint density at radius 1 is 1.23 bits per heavy atom. The third kappa shape index (κ3) is 5.29. The van der Waals surface area contributed by atoms with Gasteiger partial charge in [-0.25, -0.2) is 0 Å². The molecule has 2 heterocycles. The van der Waals surface area contributed by atoms with E-state index in [2.05, 4.69) is 23.0 Å². The number of rotatable bonds is 9. The van der Waals surface area contributed by atoms with Crippen molar-refractivity contribution >= 4 is 5.91 Å². The van der Waals surface area contributed by atoms with E-state index in [0.29, 0.717) is 36.6 Å². The Balaban J connectivity index is 1.54. The highest BCUT2D eigenvalue weighted by atomic mass is 16.5. The van der Waals surface area contributed by atoms with Crippen LogP contribution < -0.4 is 9.47 Å². The van der Waals surface area contributed by atoms with Crippen molar-refractivity contribution in [3.8, 4) is 11.5 Å². The van der Waals surface area contributed by atoms with Gasteiger partial charge in [0.25, 0.3) is 5.91 Å². The molecule has 1 aliphatic rings. The van der Waals surface area contributed by atoms with Crippen LogP contribution >= 0.6 is 0 Å². The first kappa shape index (κ1) is 22.1. The highest BCUT2D eigenvalue weighted by Gasteiger charge is 2.30. The number of aliphatic hydroxyl groups is 1. The summed E-state index contributed by atoms with van der Waals surface area (Å²) in [6.07, 6.45) is 4.98. The van der Waals surface area contributed by atoms with Gasteiger partial charge in [0.05, 0.1) is 14.2 Å². The number of methoxy groups -OCH3 is 2. The van der Waals surface area contributed by atoms with E-state index in [1.54, 1.807) is 31.4 Å². The molecule has 1 aromatic carbocycles. The lowest BCUT2D eigenvalue weighted by Gasteiger charge is -2.24. The van der Waals surface area contributed by atoms with Crippen LogP contribution in [0, 0.1) is 0 Å². The molecular formula is C23H31N3O4. The van der Waals surface area contributed by atoms with Crippen molar-refractivity contribution in [1.82, 2.24) is 14.8 Å². The molecule has 1 aliphatic heterocycles. The molecule has 0 radical (unpaired) electrons. The van der Waals surface area contributed by atoms with E-state index in [9.17, 15) is 9.90 Å². The fraction of sp³-hybridized carbons (Fsp3) is 0.478. The summed E-state index contributed by atoms with van der Waals surface area (Å²) < 4.78 is 10.7. The lowest BCUT2D eigenvalue weighted by Crippen LogP contribution is -2.37. The van der Waals surface area contributed by atoms with Gasteiger partial charge in [0.2, 0.25) is 0 Å². The maximum Gasteiger partial charge on any atom is 0.256 e. The maximum absolute atomic E-state index is 12.8. The summed E-state index contributed by atoms with van der Waals surface area (Å²) in [5.74, 6) is 0.880. The number of likely N-dealkylation sites (N-methyl/N-ethyl adjacent to an activating group) is 1. The fourth-order valence-electron chi connectivity index (χ4n) is 3.81. The van der Waals surface area contributed by atoms with Crippen LogP contribution in [-0.4, -0.2) is 73.2 Å². The smallest absolute Gasteiger partial charge is 0.256 e. The van der Waals surface area contributed by atoms with Crippen molar-refractivity contribution in [2.75, 3.05) is 47.4 Å². The second kappa shape index (κ2) is 10.4. The van der Waals surface area contributed by atoms with Gasteiger partial charge in [0.1, 0.15) is 0 Å². The molecule has 1 amide bonds. The van der Waals surface area contributed by atoms with E-state index in [0.717, 1.165) is 31.5 Å². The van der Waals surface area contributed by atoms with Gasteiger partial charge < -0.3 is 24.4 Å². The molecule has 1 N–H and O–H groups in total. The number of hydrogen-bond donors (Lipinski definition) is 1. The minimum absolute atomic E-state index is 0.251. The molecule has 7 nitrogen and oxygen atoms in total. The van der Waals surface area contributed by atoms with Gasteiger partial charge in [-0.05, 0) is 67.7 Å². The van der Waals surface area contributed by atoms with Gasteiger partial charge in [0.15, 0.2) is 17.6 Å². The molecule has 0 bridgehead atoms. The molecule has 0 aliphatic carbocycles. The number of benzene rings is 1. The van der Waals surface area contributed by atoms with E-state index < -0.39 is 6.10 Å². The monoisotopic (exact) mass is 413 g/mol. The number of ether oxygens (including phenoxy) is 2. The van der Waals surface area contributed by atoms with Gasteiger partial charge in [-0.1, -0.05) is 6.07 Å². The molecule has 0 fully saturated rings. The van der Waals surface area contributed by atoms with Gasteiger partial charge in [-0.15, -0.1) is 0 Å². The zero-order chi connectivity index (χ0) is 21.5. The Kier molecular flexibility index (Phi) is 7.65. The van der Waals surface area contributed by atoms with Crippen LogP contribution in [0.3, 0.4) is 0 Å². The van der Waals surface area contributed by atoms with Crippen molar-refractivity contribution in [3.05, 3.63) is 53.3 Å². The number of carbonyl (C=O) groups excluding carboxylic acids is 1. The molecule has 1 unspecified atom stereocenters. The zero-order valence-electron chi connectivity index (χ0n) is 18.0. The van der Waals surface area contributed by atoms with Crippen LogP contribution in [0.5, 0.6) is 11.5 Å². The molecule has 3 rings (SSSR count). The highest BCUT2D eigenvalue weighted by Crippen LogP contribution is 2.35. The zero-order valence-corrected chi connectivity index (χ0v) is 18.0. The van der Waals surface area contributed by atoms with Crippen molar-refractivity contribution in [2.45, 2.75) is 25.4 Å². The number of amides is 1. The first-order valence-corrected chi connectivity index (χ1v) is 10.3. The average molecular weight is 414 g/mol. The van der Waals surface area contributed by atoms with Gasteiger partial charge in [-0.2, -0.15) is 0 Å². The molecule has 0 saturated carbocycles. The number of fused-ring (bicyclic) bond motifs is 1. The molecule has 2 aromatic rings. The van der Waals surface area contributed by atoms with Crippen molar-refractivity contribution in [1.29, 1.82) is 0 Å². The van der Waals surface area contributed by atoms with Crippen molar-refractivity contribution < 1.29 is 19.4 Å². The van der Waals surface area contributed by atoms with Crippen LogP contribution in [0.2, 0.25) is 0 Å². The molecule has 7 heteroatoms. The second-order valence-electron chi connectivity index (χ2n) is 7.65. The minimum Gasteiger partial charge on any atom is -0.493 e. The van der Waals surface area contributed by atoms with Crippen molar-refractivity contribution in [3.63, 3.8) is 0 Å². The Morgan fingerprint density at radius 2 is 2.00 bits per heavy atom. The predicted molar refractivity (Wildman–Crippen MR) is 115 cm³/mol. The van der Waals surface area contributed by atoms with E-state index in [-0.39, 0.29) is 5.91 Å². The van der Waals surface area contributed by atoms with E-state index in [1.165, 1.54) is 5.56 Å². The van der Waals surface area contributed by atoms with Gasteiger partial charge in [-0.3, -0.25) is 9.78 Å². The third-order valence-electron chi connectivity index (χ3n) is 5.61. The summed E-state index contributed by atoms with van der Waals surface area (Å²) in [5, 5.41) is 10.7. The Bertz CT molecular complexity index is 844. The topological polar surface area (TPSA) is 75.1 Å². The number of aliphatic hydroxyl groups excluding tert-OH is 1. The average Bonchev–Trinajstić information content (AvgIpc) is 2.89. The minimum atomic E-state index is -1.18. The number of nitrogens with zero attached hydrogens (tertiary/aromatic N) is 3. The van der Waals surface area contributed by atoms with Crippen LogP contribution in [0.15, 0.2) is 36.7 Å². The summed E-state index contributed by atoms with van der Waals surface area (Å²) in [7, 11) is 5.22. The Labute approximate surface area is 178 Å². The molecule has 162 valence electrons. The largest absolute Gasteiger partial charge is 0.493 e. The van der Waals surface area contributed by atoms with Crippen LogP contribution in [0.1, 0.15) is 29.2 Å². The summed E-state index contributed by atoms with van der Waals surface area (Å²) >= 11 is 0. The quantitative estimate of drug-likeness (QED) is 0.679.